The summed E-state index contributed by atoms with van der Waals surface area (Å²) in [5.41, 5.74) is 0.416. The van der Waals surface area contributed by atoms with Crippen LogP contribution < -0.4 is 14.8 Å². The van der Waals surface area contributed by atoms with E-state index in [1.54, 1.807) is 36.4 Å². The zero-order valence-electron chi connectivity index (χ0n) is 19.5. The number of piperazine rings is 1. The number of ether oxygens (including phenoxy) is 4. The highest BCUT2D eigenvalue weighted by molar-refractivity contribution is 5.99. The number of hydrogen-bond donors (Lipinski definition) is 1. The summed E-state index contributed by atoms with van der Waals surface area (Å²) in [6.45, 7) is 2.10. The van der Waals surface area contributed by atoms with E-state index in [0.29, 0.717) is 36.8 Å². The molecule has 2 amide bonds. The molecule has 0 aromatic heterocycles. The Balaban J connectivity index is 1.28. The van der Waals surface area contributed by atoms with Crippen LogP contribution in [-0.4, -0.2) is 74.3 Å². The summed E-state index contributed by atoms with van der Waals surface area (Å²) in [4.78, 5) is 39.4. The van der Waals surface area contributed by atoms with Crippen LogP contribution in [0.4, 0.5) is 0 Å². The van der Waals surface area contributed by atoms with Crippen molar-refractivity contribution in [3.05, 3.63) is 60.2 Å². The van der Waals surface area contributed by atoms with Gasteiger partial charge in [-0.3, -0.25) is 14.4 Å². The average Bonchev–Trinajstić information content (AvgIpc) is 3.41. The Morgan fingerprint density at radius 2 is 1.77 bits per heavy atom. The molecule has 2 fully saturated rings. The number of benzene rings is 2. The molecular formula is C26H30N2O7. The normalized spacial score (nSPS) is 19.7. The van der Waals surface area contributed by atoms with Crippen LogP contribution in [0, 0.1) is 0 Å². The van der Waals surface area contributed by atoms with Gasteiger partial charge in [0.15, 0.2) is 0 Å². The van der Waals surface area contributed by atoms with E-state index in [1.165, 1.54) is 4.90 Å². The lowest BCUT2D eigenvalue weighted by molar-refractivity contribution is -0.148. The maximum Gasteiger partial charge on any atom is 0.308 e. The van der Waals surface area contributed by atoms with Gasteiger partial charge in [0.25, 0.3) is 5.91 Å². The molecular weight excluding hydrogens is 452 g/mol. The number of nitrogens with zero attached hydrogens (tertiary/aromatic N) is 1. The number of hydrogen-bond acceptors (Lipinski definition) is 7. The third-order valence-corrected chi connectivity index (χ3v) is 5.87. The van der Waals surface area contributed by atoms with Crippen molar-refractivity contribution in [1.82, 2.24) is 10.2 Å². The summed E-state index contributed by atoms with van der Waals surface area (Å²) >= 11 is 0. The molecule has 0 bridgehead atoms. The quantitative estimate of drug-likeness (QED) is 0.409. The Morgan fingerprint density at radius 1 is 1.00 bits per heavy atom. The van der Waals surface area contributed by atoms with Crippen molar-refractivity contribution in [3.63, 3.8) is 0 Å². The van der Waals surface area contributed by atoms with Crippen LogP contribution >= 0.6 is 0 Å². The lowest BCUT2D eigenvalue weighted by Crippen LogP contribution is -2.57. The predicted molar refractivity (Wildman–Crippen MR) is 126 cm³/mol. The number of rotatable bonds is 10. The minimum absolute atomic E-state index is 0.0450. The van der Waals surface area contributed by atoms with Crippen LogP contribution in [0.3, 0.4) is 0 Å². The number of carbonyl (C=O) groups excluding carboxylic acids is 3. The van der Waals surface area contributed by atoms with Crippen molar-refractivity contribution in [2.24, 2.45) is 0 Å². The van der Waals surface area contributed by atoms with E-state index in [2.05, 4.69) is 5.32 Å². The van der Waals surface area contributed by atoms with Gasteiger partial charge in [0.05, 0.1) is 12.5 Å². The third kappa shape index (κ3) is 6.95. The maximum atomic E-state index is 13.1. The summed E-state index contributed by atoms with van der Waals surface area (Å²) in [5, 5.41) is 2.72. The molecule has 186 valence electrons. The van der Waals surface area contributed by atoms with E-state index in [0.717, 1.165) is 19.4 Å². The van der Waals surface area contributed by atoms with E-state index in [4.69, 9.17) is 18.9 Å². The zero-order valence-corrected chi connectivity index (χ0v) is 19.5. The molecule has 0 spiro atoms. The molecule has 35 heavy (non-hydrogen) atoms. The number of esters is 1. The average molecular weight is 483 g/mol. The first-order chi connectivity index (χ1) is 17.1. The molecule has 2 heterocycles. The van der Waals surface area contributed by atoms with Gasteiger partial charge >= 0.3 is 5.97 Å². The highest BCUT2D eigenvalue weighted by atomic mass is 16.6. The molecule has 2 aliphatic rings. The van der Waals surface area contributed by atoms with Crippen molar-refractivity contribution < 1.29 is 33.3 Å². The van der Waals surface area contributed by atoms with Crippen LogP contribution in [0.2, 0.25) is 0 Å². The summed E-state index contributed by atoms with van der Waals surface area (Å²) in [5.74, 6) is 0.0512. The molecule has 2 aliphatic heterocycles. The van der Waals surface area contributed by atoms with Crippen molar-refractivity contribution >= 4 is 17.8 Å². The van der Waals surface area contributed by atoms with Gasteiger partial charge in [-0.25, -0.2) is 0 Å². The third-order valence-electron chi connectivity index (χ3n) is 5.87. The zero-order chi connectivity index (χ0) is 24.5. The number of carbonyl (C=O) groups is 3. The van der Waals surface area contributed by atoms with E-state index < -0.39 is 12.0 Å². The number of nitrogens with one attached hydrogen (secondary N) is 1. The number of amides is 2. The predicted octanol–water partition coefficient (Wildman–Crippen LogP) is 2.20. The van der Waals surface area contributed by atoms with Gasteiger partial charge in [0, 0.05) is 25.3 Å². The minimum atomic E-state index is -0.936. The van der Waals surface area contributed by atoms with Gasteiger partial charge < -0.3 is 29.2 Å². The Kier molecular flexibility index (Phi) is 8.56. The van der Waals surface area contributed by atoms with Gasteiger partial charge in [-0.1, -0.05) is 18.2 Å². The van der Waals surface area contributed by atoms with E-state index >= 15 is 0 Å². The largest absolute Gasteiger partial charge is 0.491 e. The fourth-order valence-corrected chi connectivity index (χ4v) is 4.03. The Bertz CT molecular complexity index is 991. The molecule has 0 saturated carbocycles. The first-order valence-electron chi connectivity index (χ1n) is 11.9. The Hall–Kier alpha value is -3.59. The van der Waals surface area contributed by atoms with Crippen molar-refractivity contribution in [3.8, 4) is 11.5 Å². The number of para-hydroxylation sites is 1. The smallest absolute Gasteiger partial charge is 0.308 e. The molecule has 0 radical (unpaired) electrons. The second-order valence-corrected chi connectivity index (χ2v) is 8.36. The van der Waals surface area contributed by atoms with Gasteiger partial charge in [-0.15, -0.1) is 0 Å². The SMILES string of the molecule is O=C(CC1C(=O)NCCN1C(=O)c1ccc(OCC2CCCO2)cc1)OCCOc1ccccc1. The molecule has 2 atom stereocenters. The fraction of sp³-hybridized carbons (Fsp3) is 0.423. The van der Waals surface area contributed by atoms with Crippen LogP contribution in [0.1, 0.15) is 29.6 Å². The first-order valence-corrected chi connectivity index (χ1v) is 11.9. The van der Waals surface area contributed by atoms with Crippen LogP contribution in [-0.2, 0) is 19.1 Å². The summed E-state index contributed by atoms with van der Waals surface area (Å²) in [6, 6.07) is 15.0. The molecule has 0 aliphatic carbocycles. The molecule has 2 aromatic carbocycles. The minimum Gasteiger partial charge on any atom is -0.491 e. The monoisotopic (exact) mass is 482 g/mol. The fourth-order valence-electron chi connectivity index (χ4n) is 4.03. The highest BCUT2D eigenvalue weighted by Gasteiger charge is 2.35. The summed E-state index contributed by atoms with van der Waals surface area (Å²) in [6.07, 6.45) is 1.90. The maximum absolute atomic E-state index is 13.1. The van der Waals surface area contributed by atoms with Gasteiger partial charge in [-0.05, 0) is 49.2 Å². The lowest BCUT2D eigenvalue weighted by Gasteiger charge is -2.34. The van der Waals surface area contributed by atoms with Crippen molar-refractivity contribution in [2.75, 3.05) is 39.5 Å². The second-order valence-electron chi connectivity index (χ2n) is 8.36. The highest BCUT2D eigenvalue weighted by Crippen LogP contribution is 2.19. The Morgan fingerprint density at radius 3 is 2.51 bits per heavy atom. The molecule has 2 saturated heterocycles. The molecule has 2 aromatic rings. The molecule has 2 unspecified atom stereocenters. The molecule has 1 N–H and O–H groups in total. The van der Waals surface area contributed by atoms with Crippen molar-refractivity contribution in [2.45, 2.75) is 31.4 Å². The second kappa shape index (κ2) is 12.2. The van der Waals surface area contributed by atoms with Crippen LogP contribution in [0.25, 0.3) is 0 Å². The molecule has 4 rings (SSSR count). The standard InChI is InChI=1S/C26H30N2O7/c29-24(34-16-15-33-20-5-2-1-3-6-20)17-23-25(30)27-12-13-28(23)26(31)19-8-10-21(11-9-19)35-18-22-7-4-14-32-22/h1-3,5-6,8-11,22-23H,4,7,12-18H2,(H,27,30). The lowest BCUT2D eigenvalue weighted by atomic mass is 10.1. The van der Waals surface area contributed by atoms with Crippen molar-refractivity contribution in [1.29, 1.82) is 0 Å². The molecule has 9 nitrogen and oxygen atoms in total. The summed E-state index contributed by atoms with van der Waals surface area (Å²) < 4.78 is 22.0. The van der Waals surface area contributed by atoms with Gasteiger partial charge in [-0.2, -0.15) is 0 Å². The summed E-state index contributed by atoms with van der Waals surface area (Å²) in [7, 11) is 0. The molecule has 9 heteroatoms. The van der Waals surface area contributed by atoms with Gasteiger partial charge in [0.1, 0.15) is 37.4 Å². The van der Waals surface area contributed by atoms with E-state index in [9.17, 15) is 14.4 Å². The van der Waals surface area contributed by atoms with E-state index in [-0.39, 0.29) is 37.6 Å². The van der Waals surface area contributed by atoms with E-state index in [1.807, 2.05) is 18.2 Å². The van der Waals surface area contributed by atoms with Crippen LogP contribution in [0.15, 0.2) is 54.6 Å². The van der Waals surface area contributed by atoms with Gasteiger partial charge in [0.2, 0.25) is 5.91 Å². The topological polar surface area (TPSA) is 103 Å². The Labute approximate surface area is 204 Å². The first kappa shape index (κ1) is 24.5. The van der Waals surface area contributed by atoms with Crippen LogP contribution in [0.5, 0.6) is 11.5 Å².